The monoisotopic (exact) mass is 404 g/mol. The average Bonchev–Trinajstić information content (AvgIpc) is 2.95. The van der Waals surface area contributed by atoms with Crippen molar-refractivity contribution < 1.29 is 9.59 Å². The molecule has 0 atom stereocenters. The molecule has 1 aliphatic heterocycles. The molecule has 124 valence electrons. The molecule has 0 unspecified atom stereocenters. The number of halogens is 1. The number of rotatable bonds is 3. The molecule has 1 fully saturated rings. The van der Waals surface area contributed by atoms with Crippen LogP contribution in [0, 0.1) is 13.8 Å². The highest BCUT2D eigenvalue weighted by atomic mass is 79.9. The summed E-state index contributed by atoms with van der Waals surface area (Å²) in [7, 11) is 0. The van der Waals surface area contributed by atoms with Gasteiger partial charge in [-0.25, -0.2) is 0 Å². The molecule has 24 heavy (non-hydrogen) atoms. The number of hydrogen-bond donors (Lipinski definition) is 0. The van der Waals surface area contributed by atoms with E-state index in [1.165, 1.54) is 4.90 Å². The summed E-state index contributed by atoms with van der Waals surface area (Å²) in [6.45, 7) is 6.25. The summed E-state index contributed by atoms with van der Waals surface area (Å²) >= 11 is 4.50. The summed E-state index contributed by atoms with van der Waals surface area (Å²) in [5.74, 6) is -0.209. The van der Waals surface area contributed by atoms with Gasteiger partial charge in [-0.1, -0.05) is 22.0 Å². The van der Waals surface area contributed by atoms with Crippen LogP contribution in [0.5, 0.6) is 0 Å². The van der Waals surface area contributed by atoms with Gasteiger partial charge in [-0.15, -0.1) is 0 Å². The first-order valence-electron chi connectivity index (χ1n) is 7.62. The third-order valence-electron chi connectivity index (χ3n) is 4.01. The Balaban J connectivity index is 2.03. The van der Waals surface area contributed by atoms with E-state index in [1.807, 2.05) is 44.2 Å². The van der Waals surface area contributed by atoms with Crippen molar-refractivity contribution >= 4 is 44.9 Å². The number of aryl methyl sites for hydroxylation is 1. The Kier molecular flexibility index (Phi) is 4.69. The Labute approximate surface area is 153 Å². The van der Waals surface area contributed by atoms with Gasteiger partial charge in [-0.3, -0.25) is 14.5 Å². The van der Waals surface area contributed by atoms with Gasteiger partial charge in [0.05, 0.1) is 4.91 Å². The number of imide groups is 1. The first-order valence-corrected chi connectivity index (χ1v) is 9.23. The van der Waals surface area contributed by atoms with Crippen LogP contribution in [0.1, 0.15) is 23.9 Å². The largest absolute Gasteiger partial charge is 0.318 e. The molecule has 1 aliphatic rings. The van der Waals surface area contributed by atoms with Crippen LogP contribution in [-0.4, -0.2) is 27.2 Å². The van der Waals surface area contributed by atoms with Gasteiger partial charge in [0.2, 0.25) is 0 Å². The van der Waals surface area contributed by atoms with E-state index >= 15 is 0 Å². The molecule has 0 N–H and O–H groups in total. The van der Waals surface area contributed by atoms with Crippen LogP contribution in [0.25, 0.3) is 11.8 Å². The second-order valence-electron chi connectivity index (χ2n) is 5.57. The number of thioether (sulfide) groups is 1. The van der Waals surface area contributed by atoms with Crippen molar-refractivity contribution in [2.45, 2.75) is 20.8 Å². The lowest BCUT2D eigenvalue weighted by Gasteiger charge is -2.10. The van der Waals surface area contributed by atoms with Crippen LogP contribution >= 0.6 is 27.7 Å². The summed E-state index contributed by atoms with van der Waals surface area (Å²) in [5, 5.41) is -0.199. The maximum atomic E-state index is 12.3. The molecule has 0 spiro atoms. The van der Waals surface area contributed by atoms with Crippen molar-refractivity contribution in [3.8, 4) is 5.69 Å². The zero-order valence-corrected chi connectivity index (χ0v) is 16.1. The smallest absolute Gasteiger partial charge is 0.293 e. The van der Waals surface area contributed by atoms with Crippen LogP contribution < -0.4 is 0 Å². The highest BCUT2D eigenvalue weighted by Gasteiger charge is 2.33. The topological polar surface area (TPSA) is 42.3 Å². The fourth-order valence-electron chi connectivity index (χ4n) is 2.86. The fraction of sp³-hybridized carbons (Fsp3) is 0.222. The van der Waals surface area contributed by atoms with Gasteiger partial charge in [-0.2, -0.15) is 0 Å². The lowest BCUT2D eigenvalue weighted by Crippen LogP contribution is -2.27. The summed E-state index contributed by atoms with van der Waals surface area (Å²) in [5.41, 5.74) is 4.12. The number of hydrogen-bond acceptors (Lipinski definition) is 3. The van der Waals surface area contributed by atoms with E-state index in [1.54, 1.807) is 6.92 Å². The van der Waals surface area contributed by atoms with Gasteiger partial charge in [0, 0.05) is 28.1 Å². The van der Waals surface area contributed by atoms with Crippen LogP contribution in [0.3, 0.4) is 0 Å². The zero-order chi connectivity index (χ0) is 17.4. The van der Waals surface area contributed by atoms with E-state index in [0.29, 0.717) is 11.4 Å². The number of benzene rings is 1. The molecule has 4 nitrogen and oxygen atoms in total. The van der Waals surface area contributed by atoms with Crippen molar-refractivity contribution in [1.29, 1.82) is 0 Å². The quantitative estimate of drug-likeness (QED) is 0.682. The first-order chi connectivity index (χ1) is 11.4. The number of carbonyl (C=O) groups excluding carboxylic acids is 2. The number of nitrogens with zero attached hydrogens (tertiary/aromatic N) is 2. The van der Waals surface area contributed by atoms with Crippen LogP contribution in [0.15, 0.2) is 39.7 Å². The Morgan fingerprint density at radius 2 is 1.96 bits per heavy atom. The molecule has 2 amide bonds. The van der Waals surface area contributed by atoms with Crippen molar-refractivity contribution in [1.82, 2.24) is 9.47 Å². The van der Waals surface area contributed by atoms with Crippen molar-refractivity contribution in [2.75, 3.05) is 6.54 Å². The maximum absolute atomic E-state index is 12.3. The number of carbonyl (C=O) groups is 2. The Morgan fingerprint density at radius 1 is 1.21 bits per heavy atom. The second kappa shape index (κ2) is 6.61. The molecule has 3 rings (SSSR count). The van der Waals surface area contributed by atoms with E-state index in [4.69, 9.17) is 0 Å². The number of aromatic nitrogens is 1. The van der Waals surface area contributed by atoms with Crippen LogP contribution in [-0.2, 0) is 4.79 Å². The van der Waals surface area contributed by atoms with Crippen molar-refractivity contribution in [2.24, 2.45) is 0 Å². The molecule has 2 heterocycles. The standard InChI is InChI=1S/C18H17BrN2O2S/c1-4-20-17(22)16(24-18(20)23)9-13-8-11(2)21(12(13)3)15-7-5-6-14(19)10-15/h5-10H,4H2,1-3H3/b16-9+. The summed E-state index contributed by atoms with van der Waals surface area (Å²) in [6, 6.07) is 10.1. The van der Waals surface area contributed by atoms with Gasteiger partial charge in [0.15, 0.2) is 0 Å². The Morgan fingerprint density at radius 3 is 2.58 bits per heavy atom. The van der Waals surface area contributed by atoms with Crippen LogP contribution in [0.2, 0.25) is 0 Å². The Hall–Kier alpha value is -1.79. The number of amides is 2. The molecule has 2 aromatic rings. The molecule has 1 aromatic heterocycles. The normalized spacial score (nSPS) is 16.5. The molecular weight excluding hydrogens is 388 g/mol. The van der Waals surface area contributed by atoms with Crippen LogP contribution in [0.4, 0.5) is 4.79 Å². The van der Waals surface area contributed by atoms with E-state index < -0.39 is 0 Å². The lowest BCUT2D eigenvalue weighted by molar-refractivity contribution is -0.122. The minimum absolute atomic E-state index is 0.199. The SMILES string of the molecule is CCN1C(=O)S/C(=C/c2cc(C)n(-c3cccc(Br)c3)c2C)C1=O. The lowest BCUT2D eigenvalue weighted by atomic mass is 10.2. The van der Waals surface area contributed by atoms with Gasteiger partial charge >= 0.3 is 0 Å². The highest BCUT2D eigenvalue weighted by molar-refractivity contribution is 9.10. The molecule has 1 saturated heterocycles. The van der Waals surface area contributed by atoms with E-state index in [2.05, 4.69) is 26.6 Å². The zero-order valence-electron chi connectivity index (χ0n) is 13.7. The fourth-order valence-corrected chi connectivity index (χ4v) is 4.14. The van der Waals surface area contributed by atoms with Gasteiger partial charge in [0.25, 0.3) is 11.1 Å². The minimum Gasteiger partial charge on any atom is -0.318 e. The molecular formula is C18H17BrN2O2S. The summed E-state index contributed by atoms with van der Waals surface area (Å²) in [6.07, 6.45) is 1.82. The average molecular weight is 405 g/mol. The molecule has 0 aliphatic carbocycles. The summed E-state index contributed by atoms with van der Waals surface area (Å²) < 4.78 is 3.15. The molecule has 1 aromatic carbocycles. The van der Waals surface area contributed by atoms with Gasteiger partial charge in [-0.05, 0) is 68.4 Å². The highest BCUT2D eigenvalue weighted by Crippen LogP contribution is 2.33. The minimum atomic E-state index is -0.209. The van der Waals surface area contributed by atoms with E-state index in [9.17, 15) is 9.59 Å². The van der Waals surface area contributed by atoms with E-state index in [-0.39, 0.29) is 11.1 Å². The molecule has 0 bridgehead atoms. The predicted molar refractivity (Wildman–Crippen MR) is 101 cm³/mol. The Bertz CT molecular complexity index is 870. The van der Waals surface area contributed by atoms with Gasteiger partial charge < -0.3 is 4.57 Å². The second-order valence-corrected chi connectivity index (χ2v) is 7.48. The number of likely N-dealkylation sites (N-methyl/N-ethyl adjacent to an activating group) is 1. The third-order valence-corrected chi connectivity index (χ3v) is 5.41. The van der Waals surface area contributed by atoms with Gasteiger partial charge in [0.1, 0.15) is 0 Å². The molecule has 0 radical (unpaired) electrons. The first kappa shape index (κ1) is 17.0. The summed E-state index contributed by atoms with van der Waals surface area (Å²) in [4.78, 5) is 25.9. The molecule has 6 heteroatoms. The van der Waals surface area contributed by atoms with Crippen molar-refractivity contribution in [3.05, 3.63) is 56.7 Å². The van der Waals surface area contributed by atoms with Crippen molar-refractivity contribution in [3.63, 3.8) is 0 Å². The van der Waals surface area contributed by atoms with E-state index in [0.717, 1.165) is 38.9 Å². The molecule has 0 saturated carbocycles. The predicted octanol–water partition coefficient (Wildman–Crippen LogP) is 4.91. The third kappa shape index (κ3) is 2.96. The maximum Gasteiger partial charge on any atom is 0.293 e.